The van der Waals surface area contributed by atoms with Crippen molar-refractivity contribution in [3.63, 3.8) is 0 Å². The van der Waals surface area contributed by atoms with Gasteiger partial charge >= 0.3 is 0 Å². The Morgan fingerprint density at radius 1 is 0.767 bits per heavy atom. The number of phenolic OH excluding ortho intramolecular Hbond substituents is 1. The summed E-state index contributed by atoms with van der Waals surface area (Å²) in [4.78, 5) is 63.1. The molecular weight excluding hydrogens is 753 g/mol. The lowest BCUT2D eigenvalue weighted by molar-refractivity contribution is -0.135. The number of ketones is 2. The molecule has 1 saturated heterocycles. The molecule has 4 aliphatic rings. The quantitative estimate of drug-likeness (QED) is 0.0895. The van der Waals surface area contributed by atoms with Gasteiger partial charge in [0.15, 0.2) is 23.1 Å². The topological polar surface area (TPSA) is 129 Å². The molecule has 10 nitrogen and oxygen atoms in total. The van der Waals surface area contributed by atoms with Gasteiger partial charge in [0.2, 0.25) is 11.8 Å². The number of rotatable bonds is 9. The van der Waals surface area contributed by atoms with Crippen LogP contribution in [0.1, 0.15) is 42.4 Å². The van der Waals surface area contributed by atoms with Crippen LogP contribution >= 0.6 is 0 Å². The summed E-state index contributed by atoms with van der Waals surface area (Å²) in [5.41, 5.74) is 3.99. The number of hydrogen-bond donors (Lipinski definition) is 1. The highest BCUT2D eigenvalue weighted by Gasteiger charge is 2.66. The fourth-order valence-electron chi connectivity index (χ4n) is 10.1. The minimum absolute atomic E-state index is 0.126. The lowest BCUT2D eigenvalue weighted by atomic mass is 9.44. The van der Waals surface area contributed by atoms with E-state index in [9.17, 15) is 14.7 Å². The summed E-state index contributed by atoms with van der Waals surface area (Å²) >= 11 is 0. The largest absolute Gasteiger partial charge is 0.504 e. The number of ether oxygens (including phenoxy) is 1. The number of anilines is 2. The van der Waals surface area contributed by atoms with Crippen molar-refractivity contribution in [2.75, 3.05) is 30.5 Å². The Bertz CT molecular complexity index is 2600. The van der Waals surface area contributed by atoms with Crippen molar-refractivity contribution in [2.24, 2.45) is 33.9 Å². The molecule has 1 aliphatic heterocycles. The highest BCUT2D eigenvalue weighted by atomic mass is 16.5. The zero-order valence-electron chi connectivity index (χ0n) is 33.6. The number of imide groups is 1. The molecule has 1 heterocycles. The van der Waals surface area contributed by atoms with Crippen molar-refractivity contribution < 1.29 is 29.0 Å². The van der Waals surface area contributed by atoms with E-state index in [0.717, 1.165) is 11.3 Å². The number of hydrogen-bond acceptors (Lipinski definition) is 9. The van der Waals surface area contributed by atoms with Crippen molar-refractivity contribution in [1.82, 2.24) is 0 Å². The molecule has 9 rings (SSSR count). The molecule has 1 saturated carbocycles. The smallest absolute Gasteiger partial charge is 0.238 e. The lowest BCUT2D eigenvalue weighted by Crippen LogP contribution is -2.58. The molecule has 5 aromatic rings. The molecule has 0 aromatic heterocycles. The van der Waals surface area contributed by atoms with E-state index in [1.165, 1.54) is 11.0 Å². The first-order chi connectivity index (χ1) is 29.1. The molecule has 6 unspecified atom stereocenters. The molecule has 6 atom stereocenters. The minimum atomic E-state index is -1.47. The monoisotopic (exact) mass is 796 g/mol. The van der Waals surface area contributed by atoms with Crippen LogP contribution in [0.15, 0.2) is 155 Å². The molecular formula is C50H44N4O6. The number of nitrogens with zero attached hydrogens (tertiary/aromatic N) is 4. The van der Waals surface area contributed by atoms with Gasteiger partial charge in [-0.15, -0.1) is 0 Å². The number of carbonyl (C=O) groups is 4. The van der Waals surface area contributed by atoms with Crippen LogP contribution in [0, 0.1) is 23.7 Å². The lowest BCUT2D eigenvalue weighted by Gasteiger charge is -2.55. The van der Waals surface area contributed by atoms with E-state index in [0.29, 0.717) is 45.9 Å². The van der Waals surface area contributed by atoms with Crippen molar-refractivity contribution in [3.05, 3.63) is 162 Å². The standard InChI is InChI=1S/C50H44N4O6/c1-4-60-42-17-11-16-38(47(42)57)45-36-26-27-37-44(49(59)54(48(37)58)35-24-20-33(21-25-35)52-51-32-18-22-34(23-19-32)53(2)3)40(36)28-41-46(56)39(30-12-7-5-8-13-30)29-43(55)50(41,45)31-14-9-6-10-15-31/h5-26,29,37,40-41,44-45,57H,4,27-28H2,1-3H3. The molecule has 300 valence electrons. The average molecular weight is 797 g/mol. The van der Waals surface area contributed by atoms with Crippen LogP contribution in [-0.2, 0) is 24.6 Å². The number of amides is 2. The maximum atomic E-state index is 15.3. The molecule has 0 radical (unpaired) electrons. The van der Waals surface area contributed by atoms with Gasteiger partial charge < -0.3 is 14.7 Å². The third-order valence-electron chi connectivity index (χ3n) is 12.8. The van der Waals surface area contributed by atoms with E-state index < -0.39 is 35.0 Å². The molecule has 2 fully saturated rings. The summed E-state index contributed by atoms with van der Waals surface area (Å²) < 4.78 is 5.87. The van der Waals surface area contributed by atoms with Crippen LogP contribution in [0.3, 0.4) is 0 Å². The second kappa shape index (κ2) is 15.3. The SMILES string of the molecule is CCOc1cccc(C2C3=CCC4C(=O)N(c5ccc(N=Nc6ccc(N(C)C)cc6)cc5)C(=O)C4C3CC3C(=O)C(c4ccccc4)=CC(=O)C32c2ccccc2)c1O. The zero-order valence-corrected chi connectivity index (χ0v) is 33.6. The van der Waals surface area contributed by atoms with E-state index >= 15 is 9.59 Å². The van der Waals surface area contributed by atoms with Crippen LogP contribution in [0.5, 0.6) is 11.5 Å². The maximum absolute atomic E-state index is 15.3. The summed E-state index contributed by atoms with van der Waals surface area (Å²) in [5.74, 6) is -4.90. The molecule has 1 N–H and O–H groups in total. The highest BCUT2D eigenvalue weighted by molar-refractivity contribution is 6.32. The summed E-state index contributed by atoms with van der Waals surface area (Å²) in [6, 6.07) is 38.2. The van der Waals surface area contributed by atoms with E-state index in [2.05, 4.69) is 10.2 Å². The fourth-order valence-corrected chi connectivity index (χ4v) is 10.1. The van der Waals surface area contributed by atoms with Gasteiger partial charge in [0.1, 0.15) is 0 Å². The number of aromatic hydroxyl groups is 1. The Kier molecular flexibility index (Phi) is 9.86. The first kappa shape index (κ1) is 38.6. The Balaban J connectivity index is 1.13. The third-order valence-corrected chi connectivity index (χ3v) is 12.8. The van der Waals surface area contributed by atoms with Gasteiger partial charge in [-0.1, -0.05) is 84.4 Å². The fraction of sp³-hybridized carbons (Fsp3) is 0.240. The summed E-state index contributed by atoms with van der Waals surface area (Å²) in [5, 5.41) is 20.8. The van der Waals surface area contributed by atoms with Gasteiger partial charge in [-0.2, -0.15) is 10.2 Å². The predicted octanol–water partition coefficient (Wildman–Crippen LogP) is 9.30. The summed E-state index contributed by atoms with van der Waals surface area (Å²) in [7, 11) is 3.93. The Hall–Kier alpha value is -6.94. The van der Waals surface area contributed by atoms with Gasteiger partial charge in [-0.3, -0.25) is 24.1 Å². The summed E-state index contributed by atoms with van der Waals surface area (Å²) in [6.45, 7) is 2.12. The summed E-state index contributed by atoms with van der Waals surface area (Å²) in [6.07, 6.45) is 3.87. The number of benzene rings is 5. The van der Waals surface area contributed by atoms with Gasteiger partial charge in [0.25, 0.3) is 0 Å². The molecule has 60 heavy (non-hydrogen) atoms. The van der Waals surface area contributed by atoms with E-state index in [4.69, 9.17) is 4.74 Å². The predicted molar refractivity (Wildman–Crippen MR) is 230 cm³/mol. The third kappa shape index (κ3) is 6.17. The number of para-hydroxylation sites is 1. The molecule has 0 bridgehead atoms. The first-order valence-corrected chi connectivity index (χ1v) is 20.4. The average Bonchev–Trinajstić information content (AvgIpc) is 3.53. The van der Waals surface area contributed by atoms with E-state index in [-0.39, 0.29) is 47.7 Å². The second-order valence-electron chi connectivity index (χ2n) is 16.1. The van der Waals surface area contributed by atoms with E-state index in [1.807, 2.05) is 117 Å². The molecule has 10 heteroatoms. The van der Waals surface area contributed by atoms with E-state index in [1.54, 1.807) is 42.5 Å². The number of azo groups is 1. The van der Waals surface area contributed by atoms with Crippen molar-refractivity contribution in [2.45, 2.75) is 31.1 Å². The normalized spacial score (nSPS) is 24.7. The first-order valence-electron chi connectivity index (χ1n) is 20.4. The van der Waals surface area contributed by atoms with Crippen LogP contribution < -0.4 is 14.5 Å². The number of phenols is 1. The minimum Gasteiger partial charge on any atom is -0.504 e. The van der Waals surface area contributed by atoms with Gasteiger partial charge in [0, 0.05) is 42.8 Å². The second-order valence-corrected chi connectivity index (χ2v) is 16.1. The number of allylic oxidation sites excluding steroid dienone is 4. The Labute approximate surface area is 348 Å². The molecule has 0 spiro atoms. The number of Topliss-reactive ketones (excluding diaryl/α,β-unsaturated/α-hetero) is 1. The zero-order chi connectivity index (χ0) is 41.7. The number of fused-ring (bicyclic) bond motifs is 4. The number of carbonyl (C=O) groups excluding carboxylic acids is 4. The van der Waals surface area contributed by atoms with Crippen molar-refractivity contribution in [1.29, 1.82) is 0 Å². The van der Waals surface area contributed by atoms with Gasteiger partial charge in [0.05, 0.1) is 40.9 Å². The van der Waals surface area contributed by atoms with Gasteiger partial charge in [-0.25, -0.2) is 0 Å². The Morgan fingerprint density at radius 3 is 2.07 bits per heavy atom. The van der Waals surface area contributed by atoms with Crippen molar-refractivity contribution >= 4 is 51.7 Å². The maximum Gasteiger partial charge on any atom is 0.238 e. The molecule has 5 aromatic carbocycles. The van der Waals surface area contributed by atoms with Crippen molar-refractivity contribution in [3.8, 4) is 11.5 Å². The van der Waals surface area contributed by atoms with Gasteiger partial charge in [-0.05, 0) is 97.5 Å². The highest BCUT2D eigenvalue weighted by Crippen LogP contribution is 2.65. The van der Waals surface area contributed by atoms with Crippen LogP contribution in [0.25, 0.3) is 5.57 Å². The molecule has 2 amide bonds. The van der Waals surface area contributed by atoms with Crippen LogP contribution in [0.2, 0.25) is 0 Å². The Morgan fingerprint density at radius 2 is 1.42 bits per heavy atom. The molecule has 3 aliphatic carbocycles. The van der Waals surface area contributed by atoms with Crippen LogP contribution in [-0.4, -0.2) is 49.2 Å². The van der Waals surface area contributed by atoms with Crippen LogP contribution in [0.4, 0.5) is 22.7 Å².